The van der Waals surface area contributed by atoms with E-state index in [4.69, 9.17) is 4.74 Å². The Morgan fingerprint density at radius 3 is 2.70 bits per heavy atom. The van der Waals surface area contributed by atoms with E-state index < -0.39 is 0 Å². The first-order chi connectivity index (χ1) is 11.2. The molecule has 0 bridgehead atoms. The minimum absolute atomic E-state index is 0.215. The second-order valence-electron chi connectivity index (χ2n) is 4.67. The third-order valence-corrected chi connectivity index (χ3v) is 3.24. The van der Waals surface area contributed by atoms with E-state index in [2.05, 4.69) is 26.8 Å². The average molecular weight is 309 g/mol. The van der Waals surface area contributed by atoms with Crippen molar-refractivity contribution in [3.05, 3.63) is 59.7 Å². The van der Waals surface area contributed by atoms with Gasteiger partial charge in [0.15, 0.2) is 11.2 Å². The monoisotopic (exact) mass is 309 g/mol. The van der Waals surface area contributed by atoms with Crippen molar-refractivity contribution in [2.75, 3.05) is 19.0 Å². The number of hydrogen-bond donors (Lipinski definition) is 1. The maximum atomic E-state index is 12.8. The summed E-state index contributed by atoms with van der Waals surface area (Å²) in [6.45, 7) is 4.13. The summed E-state index contributed by atoms with van der Waals surface area (Å²) >= 11 is 0. The van der Waals surface area contributed by atoms with Crippen molar-refractivity contribution >= 4 is 17.1 Å². The molecule has 3 rings (SSSR count). The number of anilines is 1. The summed E-state index contributed by atoms with van der Waals surface area (Å²) in [5, 5.41) is 3.06. The molecule has 1 N–H and O–H groups in total. The maximum Gasteiger partial charge on any atom is 0.287 e. The number of rotatable bonds is 5. The van der Waals surface area contributed by atoms with Crippen LogP contribution in [0.25, 0.3) is 16.9 Å². The number of hydrogen-bond acceptors (Lipinski definition) is 6. The number of methoxy groups -OCH3 is 1. The van der Waals surface area contributed by atoms with Crippen molar-refractivity contribution in [3.8, 4) is 11.4 Å². The second-order valence-corrected chi connectivity index (χ2v) is 4.67. The quantitative estimate of drug-likeness (QED) is 0.724. The molecule has 2 aromatic heterocycles. The molecule has 0 spiro atoms. The minimum Gasteiger partial charge on any atom is -0.497 e. The Kier molecular flexibility index (Phi) is 4.01. The topological polar surface area (TPSA) is 81.9 Å². The van der Waals surface area contributed by atoms with Gasteiger partial charge in [0.2, 0.25) is 5.95 Å². The van der Waals surface area contributed by atoms with Crippen molar-refractivity contribution in [1.82, 2.24) is 19.5 Å². The summed E-state index contributed by atoms with van der Waals surface area (Å²) in [7, 11) is 1.59. The predicted molar refractivity (Wildman–Crippen MR) is 88.2 cm³/mol. The van der Waals surface area contributed by atoms with Gasteiger partial charge >= 0.3 is 0 Å². The van der Waals surface area contributed by atoms with Gasteiger partial charge in [-0.1, -0.05) is 6.08 Å². The third kappa shape index (κ3) is 2.76. The molecule has 0 amide bonds. The zero-order valence-corrected chi connectivity index (χ0v) is 12.6. The number of nitrogens with one attached hydrogen (secondary N) is 1. The highest BCUT2D eigenvalue weighted by Crippen LogP contribution is 2.17. The van der Waals surface area contributed by atoms with Crippen molar-refractivity contribution in [2.45, 2.75) is 0 Å². The fourth-order valence-corrected chi connectivity index (χ4v) is 2.17. The van der Waals surface area contributed by atoms with Crippen LogP contribution in [0, 0.1) is 0 Å². The molecule has 1 aromatic carbocycles. The van der Waals surface area contributed by atoms with E-state index in [1.807, 2.05) is 0 Å². The first-order valence-electron chi connectivity index (χ1n) is 6.97. The lowest BCUT2D eigenvalue weighted by molar-refractivity contribution is 0.414. The van der Waals surface area contributed by atoms with Gasteiger partial charge in [-0.15, -0.1) is 6.58 Å². The predicted octanol–water partition coefficient (Wildman–Crippen LogP) is 1.78. The molecule has 0 aliphatic rings. The van der Waals surface area contributed by atoms with Crippen LogP contribution >= 0.6 is 0 Å². The van der Waals surface area contributed by atoms with E-state index in [1.165, 1.54) is 17.0 Å². The van der Waals surface area contributed by atoms with Gasteiger partial charge in [-0.3, -0.25) is 4.79 Å². The van der Waals surface area contributed by atoms with E-state index in [0.717, 1.165) is 0 Å². The van der Waals surface area contributed by atoms with Crippen LogP contribution in [0.2, 0.25) is 0 Å². The summed E-state index contributed by atoms with van der Waals surface area (Å²) in [6.07, 6.45) is 4.66. The fraction of sp³-hybridized carbons (Fsp3) is 0.125. The molecule has 0 unspecified atom stereocenters. The van der Waals surface area contributed by atoms with Gasteiger partial charge in [-0.2, -0.15) is 4.98 Å². The molecule has 7 heteroatoms. The Labute approximate surface area is 132 Å². The van der Waals surface area contributed by atoms with E-state index in [-0.39, 0.29) is 11.1 Å². The molecule has 116 valence electrons. The van der Waals surface area contributed by atoms with Crippen LogP contribution in [-0.4, -0.2) is 33.2 Å². The van der Waals surface area contributed by atoms with E-state index in [9.17, 15) is 4.79 Å². The number of nitrogens with zero attached hydrogens (tertiary/aromatic N) is 4. The molecule has 7 nitrogen and oxygen atoms in total. The van der Waals surface area contributed by atoms with E-state index in [1.54, 1.807) is 37.5 Å². The van der Waals surface area contributed by atoms with E-state index in [0.29, 0.717) is 29.6 Å². The Bertz CT molecular complexity index is 902. The highest BCUT2D eigenvalue weighted by Gasteiger charge is 2.13. The molecule has 0 aliphatic heterocycles. The summed E-state index contributed by atoms with van der Waals surface area (Å²) < 4.78 is 6.60. The summed E-state index contributed by atoms with van der Waals surface area (Å²) in [4.78, 5) is 25.4. The summed E-state index contributed by atoms with van der Waals surface area (Å²) in [6, 6.07) is 7.12. The lowest BCUT2D eigenvalue weighted by Crippen LogP contribution is -2.24. The van der Waals surface area contributed by atoms with Gasteiger partial charge in [0.25, 0.3) is 5.56 Å². The fourth-order valence-electron chi connectivity index (χ4n) is 2.17. The van der Waals surface area contributed by atoms with Gasteiger partial charge in [-0.05, 0) is 24.3 Å². The SMILES string of the molecule is C=CCNc1nc2nccnc2c(=O)n1-c1ccc(OC)cc1. The summed E-state index contributed by atoms with van der Waals surface area (Å²) in [5.74, 6) is 1.09. The van der Waals surface area contributed by atoms with Crippen LogP contribution in [0.1, 0.15) is 0 Å². The van der Waals surface area contributed by atoms with Crippen molar-refractivity contribution in [2.24, 2.45) is 0 Å². The van der Waals surface area contributed by atoms with Gasteiger partial charge in [0.05, 0.1) is 12.8 Å². The highest BCUT2D eigenvalue weighted by molar-refractivity contribution is 5.70. The molecule has 0 atom stereocenters. The van der Waals surface area contributed by atoms with Crippen molar-refractivity contribution in [1.29, 1.82) is 0 Å². The van der Waals surface area contributed by atoms with Gasteiger partial charge < -0.3 is 10.1 Å². The van der Waals surface area contributed by atoms with Gasteiger partial charge in [0.1, 0.15) is 5.75 Å². The molecule has 0 saturated carbocycles. The smallest absolute Gasteiger partial charge is 0.287 e. The van der Waals surface area contributed by atoms with Crippen molar-refractivity contribution in [3.63, 3.8) is 0 Å². The largest absolute Gasteiger partial charge is 0.497 e. The number of aromatic nitrogens is 4. The molecule has 0 saturated heterocycles. The third-order valence-electron chi connectivity index (χ3n) is 3.24. The van der Waals surface area contributed by atoms with Crippen LogP contribution in [0.4, 0.5) is 5.95 Å². The molecule has 0 fully saturated rings. The maximum absolute atomic E-state index is 12.8. The van der Waals surface area contributed by atoms with Gasteiger partial charge in [0, 0.05) is 18.9 Å². The lowest BCUT2D eigenvalue weighted by Gasteiger charge is -2.13. The normalized spacial score (nSPS) is 10.5. The first-order valence-corrected chi connectivity index (χ1v) is 6.97. The molecular weight excluding hydrogens is 294 g/mol. The number of benzene rings is 1. The Morgan fingerprint density at radius 2 is 2.00 bits per heavy atom. The molecular formula is C16H15N5O2. The van der Waals surface area contributed by atoms with Crippen LogP contribution in [-0.2, 0) is 0 Å². The molecule has 0 radical (unpaired) electrons. The summed E-state index contributed by atoms with van der Waals surface area (Å²) in [5.41, 5.74) is 0.878. The number of ether oxygens (including phenoxy) is 1. The Morgan fingerprint density at radius 1 is 1.26 bits per heavy atom. The van der Waals surface area contributed by atoms with E-state index >= 15 is 0 Å². The van der Waals surface area contributed by atoms with Crippen LogP contribution in [0.5, 0.6) is 5.75 Å². The average Bonchev–Trinajstić information content (AvgIpc) is 2.60. The zero-order valence-electron chi connectivity index (χ0n) is 12.6. The molecule has 3 aromatic rings. The molecule has 2 heterocycles. The van der Waals surface area contributed by atoms with Crippen LogP contribution in [0.3, 0.4) is 0 Å². The number of fused-ring (bicyclic) bond motifs is 1. The minimum atomic E-state index is -0.292. The lowest BCUT2D eigenvalue weighted by atomic mass is 10.3. The van der Waals surface area contributed by atoms with Gasteiger partial charge in [-0.25, -0.2) is 14.5 Å². The van der Waals surface area contributed by atoms with Crippen LogP contribution in [0.15, 0.2) is 54.1 Å². The van der Waals surface area contributed by atoms with Crippen molar-refractivity contribution < 1.29 is 4.74 Å². The standard InChI is InChI=1S/C16H15N5O2/c1-3-8-19-16-20-14-13(17-9-10-18-14)15(22)21(16)11-4-6-12(23-2)7-5-11/h3-7,9-10H,1,8H2,2H3,(H,18,19,20). The molecule has 23 heavy (non-hydrogen) atoms. The second kappa shape index (κ2) is 6.27. The Hall–Kier alpha value is -3.22. The first kappa shape index (κ1) is 14.7. The van der Waals surface area contributed by atoms with Crippen LogP contribution < -0.4 is 15.6 Å². The highest BCUT2D eigenvalue weighted by atomic mass is 16.5. The zero-order chi connectivity index (χ0) is 16.2. The Balaban J connectivity index is 2.24. The molecule has 0 aliphatic carbocycles.